The number of fused-ring (bicyclic) bond motifs is 1. The molecule has 0 saturated heterocycles. The van der Waals surface area contributed by atoms with Gasteiger partial charge in [0.25, 0.3) is 5.91 Å². The lowest BCUT2D eigenvalue weighted by atomic mass is 10.2. The maximum atomic E-state index is 11.6. The predicted molar refractivity (Wildman–Crippen MR) is 71.8 cm³/mol. The number of thiophene rings is 1. The van der Waals surface area contributed by atoms with E-state index in [-0.39, 0.29) is 5.91 Å². The Morgan fingerprint density at radius 2 is 2.06 bits per heavy atom. The summed E-state index contributed by atoms with van der Waals surface area (Å²) in [5, 5.41) is 4.21. The second kappa shape index (κ2) is 4.72. The van der Waals surface area contributed by atoms with Crippen molar-refractivity contribution in [2.45, 2.75) is 0 Å². The predicted octanol–water partition coefficient (Wildman–Crippen LogP) is 3.58. The molecule has 0 fully saturated rings. The number of hydrogen-bond acceptors (Lipinski definition) is 3. The van der Waals surface area contributed by atoms with E-state index in [0.29, 0.717) is 20.7 Å². The Balaban J connectivity index is 2.73. The van der Waals surface area contributed by atoms with Crippen molar-refractivity contribution in [3.63, 3.8) is 0 Å². The summed E-state index contributed by atoms with van der Waals surface area (Å²) in [6.45, 7) is 0. The van der Waals surface area contributed by atoms with Crippen molar-refractivity contribution in [3.8, 4) is 5.75 Å². The Morgan fingerprint density at radius 3 is 2.65 bits per heavy atom. The van der Waals surface area contributed by atoms with Gasteiger partial charge in [0.1, 0.15) is 15.6 Å². The molecule has 0 saturated carbocycles. The van der Waals surface area contributed by atoms with E-state index in [1.54, 1.807) is 26.3 Å². The SMILES string of the molecule is CNC(=O)c1sc2c(Cl)c(OC)ccc2c1Cl. The molecule has 1 N–H and O–H groups in total. The molecule has 17 heavy (non-hydrogen) atoms. The van der Waals surface area contributed by atoms with E-state index in [1.807, 2.05) is 0 Å². The third-order valence-corrected chi connectivity index (χ3v) is 4.57. The topological polar surface area (TPSA) is 38.3 Å². The number of carbonyl (C=O) groups is 1. The lowest BCUT2D eigenvalue weighted by molar-refractivity contribution is 0.0967. The molecule has 0 bridgehead atoms. The van der Waals surface area contributed by atoms with E-state index < -0.39 is 0 Å². The van der Waals surface area contributed by atoms with Gasteiger partial charge in [-0.15, -0.1) is 11.3 Å². The number of benzene rings is 1. The first-order valence-electron chi connectivity index (χ1n) is 4.76. The lowest BCUT2D eigenvalue weighted by Gasteiger charge is -2.02. The monoisotopic (exact) mass is 289 g/mol. The van der Waals surface area contributed by atoms with Gasteiger partial charge >= 0.3 is 0 Å². The number of nitrogens with one attached hydrogen (secondary N) is 1. The molecule has 1 aromatic heterocycles. The van der Waals surface area contributed by atoms with Crippen LogP contribution in [0.3, 0.4) is 0 Å². The van der Waals surface area contributed by atoms with Crippen LogP contribution in [0.2, 0.25) is 10.0 Å². The number of rotatable bonds is 2. The molecule has 1 heterocycles. The number of halogens is 2. The number of amides is 1. The van der Waals surface area contributed by atoms with E-state index in [9.17, 15) is 4.79 Å². The summed E-state index contributed by atoms with van der Waals surface area (Å²) in [6, 6.07) is 3.53. The summed E-state index contributed by atoms with van der Waals surface area (Å²) in [7, 11) is 3.10. The van der Waals surface area contributed by atoms with Gasteiger partial charge in [-0.2, -0.15) is 0 Å². The number of carbonyl (C=O) groups excluding carboxylic acids is 1. The highest BCUT2D eigenvalue weighted by molar-refractivity contribution is 7.22. The molecule has 0 aliphatic rings. The van der Waals surface area contributed by atoms with E-state index in [0.717, 1.165) is 10.1 Å². The average molecular weight is 290 g/mol. The molecule has 3 nitrogen and oxygen atoms in total. The van der Waals surface area contributed by atoms with Gasteiger partial charge in [0.15, 0.2) is 0 Å². The summed E-state index contributed by atoms with van der Waals surface area (Å²) in [6.07, 6.45) is 0. The zero-order chi connectivity index (χ0) is 12.6. The van der Waals surface area contributed by atoms with Crippen molar-refractivity contribution in [3.05, 3.63) is 27.1 Å². The van der Waals surface area contributed by atoms with E-state index in [2.05, 4.69) is 5.32 Å². The maximum absolute atomic E-state index is 11.6. The number of ether oxygens (including phenoxy) is 1. The summed E-state index contributed by atoms with van der Waals surface area (Å²) in [5.74, 6) is 0.353. The molecule has 90 valence electrons. The summed E-state index contributed by atoms with van der Waals surface area (Å²) in [5.41, 5.74) is 0. The summed E-state index contributed by atoms with van der Waals surface area (Å²) in [4.78, 5) is 12.1. The quantitative estimate of drug-likeness (QED) is 0.918. The van der Waals surface area contributed by atoms with Gasteiger partial charge in [0.2, 0.25) is 0 Å². The van der Waals surface area contributed by atoms with Crippen molar-refractivity contribution >= 4 is 50.5 Å². The Kier molecular flexibility index (Phi) is 3.47. The molecule has 2 aromatic rings. The normalized spacial score (nSPS) is 10.6. The molecule has 0 unspecified atom stereocenters. The largest absolute Gasteiger partial charge is 0.495 e. The highest BCUT2D eigenvalue weighted by atomic mass is 35.5. The molecule has 0 spiro atoms. The fraction of sp³-hybridized carbons (Fsp3) is 0.182. The minimum atomic E-state index is -0.216. The zero-order valence-electron chi connectivity index (χ0n) is 9.14. The Bertz CT molecular complexity index is 595. The number of hydrogen-bond donors (Lipinski definition) is 1. The van der Waals surface area contributed by atoms with Crippen LogP contribution in [0.15, 0.2) is 12.1 Å². The van der Waals surface area contributed by atoms with Crippen LogP contribution in [0.5, 0.6) is 5.75 Å². The van der Waals surface area contributed by atoms with Crippen LogP contribution in [-0.4, -0.2) is 20.1 Å². The number of methoxy groups -OCH3 is 1. The van der Waals surface area contributed by atoms with E-state index in [1.165, 1.54) is 11.3 Å². The zero-order valence-corrected chi connectivity index (χ0v) is 11.5. The van der Waals surface area contributed by atoms with Gasteiger partial charge in [-0.05, 0) is 12.1 Å². The van der Waals surface area contributed by atoms with Crippen molar-refractivity contribution in [1.29, 1.82) is 0 Å². The molecule has 0 atom stereocenters. The van der Waals surface area contributed by atoms with Crippen molar-refractivity contribution < 1.29 is 9.53 Å². The van der Waals surface area contributed by atoms with Gasteiger partial charge < -0.3 is 10.1 Å². The Morgan fingerprint density at radius 1 is 1.35 bits per heavy atom. The lowest BCUT2D eigenvalue weighted by Crippen LogP contribution is -2.16. The van der Waals surface area contributed by atoms with Gasteiger partial charge in [-0.1, -0.05) is 23.2 Å². The fourth-order valence-electron chi connectivity index (χ4n) is 1.50. The maximum Gasteiger partial charge on any atom is 0.262 e. The molecule has 0 aliphatic carbocycles. The van der Waals surface area contributed by atoms with E-state index in [4.69, 9.17) is 27.9 Å². The highest BCUT2D eigenvalue weighted by Crippen LogP contribution is 2.42. The summed E-state index contributed by atoms with van der Waals surface area (Å²) < 4.78 is 5.88. The first kappa shape index (κ1) is 12.5. The summed E-state index contributed by atoms with van der Waals surface area (Å²) >= 11 is 13.6. The molecular weight excluding hydrogens is 281 g/mol. The average Bonchev–Trinajstić information content (AvgIpc) is 2.68. The third kappa shape index (κ3) is 1.97. The van der Waals surface area contributed by atoms with Gasteiger partial charge in [0, 0.05) is 12.4 Å². The van der Waals surface area contributed by atoms with Crippen LogP contribution >= 0.6 is 34.5 Å². The Labute approximate surface area is 112 Å². The van der Waals surface area contributed by atoms with E-state index >= 15 is 0 Å². The van der Waals surface area contributed by atoms with Crippen LogP contribution in [0.1, 0.15) is 9.67 Å². The minimum Gasteiger partial charge on any atom is -0.495 e. The first-order chi connectivity index (χ1) is 8.10. The van der Waals surface area contributed by atoms with Crippen LogP contribution in [0.25, 0.3) is 10.1 Å². The first-order valence-corrected chi connectivity index (χ1v) is 6.34. The van der Waals surface area contributed by atoms with Gasteiger partial charge in [-0.25, -0.2) is 0 Å². The molecule has 0 aliphatic heterocycles. The fourth-order valence-corrected chi connectivity index (χ4v) is 3.34. The minimum absolute atomic E-state index is 0.216. The van der Waals surface area contributed by atoms with Gasteiger partial charge in [0.05, 0.1) is 16.8 Å². The molecule has 0 radical (unpaired) electrons. The Hall–Kier alpha value is -0.970. The molecule has 1 aromatic carbocycles. The van der Waals surface area contributed by atoms with Gasteiger partial charge in [-0.3, -0.25) is 4.79 Å². The molecule has 6 heteroatoms. The molecule has 2 rings (SSSR count). The smallest absolute Gasteiger partial charge is 0.262 e. The van der Waals surface area contributed by atoms with Crippen molar-refractivity contribution in [2.24, 2.45) is 0 Å². The van der Waals surface area contributed by atoms with Crippen LogP contribution in [-0.2, 0) is 0 Å². The third-order valence-electron chi connectivity index (χ3n) is 2.35. The molecular formula is C11H9Cl2NO2S. The van der Waals surface area contributed by atoms with Crippen molar-refractivity contribution in [1.82, 2.24) is 5.32 Å². The standard InChI is InChI=1S/C11H9Cl2NO2S/c1-14-11(15)10-7(12)5-3-4-6(16-2)8(13)9(5)17-10/h3-4H,1-2H3,(H,14,15). The van der Waals surface area contributed by atoms with Crippen LogP contribution in [0, 0.1) is 0 Å². The van der Waals surface area contributed by atoms with Crippen molar-refractivity contribution in [2.75, 3.05) is 14.2 Å². The molecule has 1 amide bonds. The second-order valence-corrected chi connectivity index (χ2v) is 5.06. The van der Waals surface area contributed by atoms with Crippen LogP contribution in [0.4, 0.5) is 0 Å². The highest BCUT2D eigenvalue weighted by Gasteiger charge is 2.19. The van der Waals surface area contributed by atoms with Crippen LogP contribution < -0.4 is 10.1 Å². The second-order valence-electron chi connectivity index (χ2n) is 3.28.